The maximum atomic E-state index is 13.5. The minimum absolute atomic E-state index is 0.00899. The minimum atomic E-state index is -1.29. The molecule has 1 saturated heterocycles. The number of carboxylic acid groups (broad SMARTS) is 1. The molecule has 340 valence electrons. The van der Waals surface area contributed by atoms with E-state index >= 15 is 0 Å². The van der Waals surface area contributed by atoms with Crippen LogP contribution in [0.1, 0.15) is 76.0 Å². The molecule has 0 bridgehead atoms. The minimum Gasteiger partial charge on any atom is -0.495 e. The Morgan fingerprint density at radius 2 is 1.66 bits per heavy atom. The average molecular weight is 882 g/mol. The quantitative estimate of drug-likeness (QED) is 0.0619. The fraction of sp³-hybridized carbons (Fsp3) is 0.553. The van der Waals surface area contributed by atoms with Gasteiger partial charge in [0.15, 0.2) is 6.10 Å². The van der Waals surface area contributed by atoms with E-state index in [9.17, 15) is 34.2 Å². The van der Waals surface area contributed by atoms with Crippen molar-refractivity contribution in [3.8, 4) is 5.75 Å². The molecule has 2 aromatic carbocycles. The number of carbonyl (C=O) groups is 5. The van der Waals surface area contributed by atoms with Crippen molar-refractivity contribution in [3.63, 3.8) is 0 Å². The van der Waals surface area contributed by atoms with Gasteiger partial charge in [-0.1, -0.05) is 88.4 Å². The van der Waals surface area contributed by atoms with E-state index < -0.39 is 47.9 Å². The van der Waals surface area contributed by atoms with Gasteiger partial charge in [0.1, 0.15) is 18.4 Å². The summed E-state index contributed by atoms with van der Waals surface area (Å²) in [5, 5.41) is 26.1. The highest BCUT2D eigenvalue weighted by Crippen LogP contribution is 2.48. The van der Waals surface area contributed by atoms with Crippen LogP contribution in [-0.2, 0) is 46.4 Å². The number of nitrogens with zero attached hydrogens (tertiary/aromatic N) is 2. The Labute approximate surface area is 371 Å². The number of aliphatic hydroxyl groups excluding tert-OH is 1. The number of hydrogen-bond acceptors (Lipinski definition) is 11. The van der Waals surface area contributed by atoms with Gasteiger partial charge < -0.3 is 35.1 Å². The summed E-state index contributed by atoms with van der Waals surface area (Å²) in [6, 6.07) is 12.7. The molecule has 2 amide bonds. The Bertz CT molecular complexity index is 1850. The predicted molar refractivity (Wildman–Crippen MR) is 236 cm³/mol. The Morgan fingerprint density at radius 3 is 2.27 bits per heavy atom. The van der Waals surface area contributed by atoms with Crippen LogP contribution in [0.25, 0.3) is 0 Å². The maximum absolute atomic E-state index is 13.5. The molecule has 7 unspecified atom stereocenters. The molecule has 0 aromatic heterocycles. The van der Waals surface area contributed by atoms with Gasteiger partial charge in [0.2, 0.25) is 11.8 Å². The monoisotopic (exact) mass is 880 g/mol. The molecule has 7 atom stereocenters. The molecule has 1 aliphatic heterocycles. The van der Waals surface area contributed by atoms with Crippen molar-refractivity contribution in [2.24, 2.45) is 23.7 Å². The number of benzene rings is 2. The summed E-state index contributed by atoms with van der Waals surface area (Å²) in [5.41, 5.74) is 3.09. The number of aliphatic hydroxyl groups is 1. The summed E-state index contributed by atoms with van der Waals surface area (Å²) in [6.07, 6.45) is 5.33. The molecular formula is C47H65ClN4O10. The lowest BCUT2D eigenvalue weighted by atomic mass is 9.62. The number of allylic oxidation sites excluding steroid dienone is 1. The van der Waals surface area contributed by atoms with E-state index in [-0.39, 0.29) is 55.6 Å². The van der Waals surface area contributed by atoms with E-state index in [2.05, 4.69) is 58.2 Å². The van der Waals surface area contributed by atoms with Crippen molar-refractivity contribution in [1.82, 2.24) is 20.4 Å². The van der Waals surface area contributed by atoms with Crippen LogP contribution in [0.2, 0.25) is 5.02 Å². The summed E-state index contributed by atoms with van der Waals surface area (Å²) in [5.74, 6) is -3.12. The molecule has 62 heavy (non-hydrogen) atoms. The molecule has 2 aromatic rings. The number of rotatable bonds is 24. The van der Waals surface area contributed by atoms with Crippen molar-refractivity contribution in [3.05, 3.63) is 89.0 Å². The van der Waals surface area contributed by atoms with Crippen LogP contribution in [0, 0.1) is 23.7 Å². The first kappa shape index (κ1) is 49.9. The summed E-state index contributed by atoms with van der Waals surface area (Å²) in [4.78, 5) is 67.4. The van der Waals surface area contributed by atoms with Crippen LogP contribution >= 0.6 is 11.6 Å². The van der Waals surface area contributed by atoms with Gasteiger partial charge in [0.25, 0.3) is 0 Å². The van der Waals surface area contributed by atoms with Crippen molar-refractivity contribution in [2.75, 3.05) is 53.0 Å². The zero-order valence-corrected chi connectivity index (χ0v) is 37.5. The van der Waals surface area contributed by atoms with Gasteiger partial charge in [-0.25, -0.2) is 4.79 Å². The van der Waals surface area contributed by atoms with Crippen LogP contribution in [0.3, 0.4) is 0 Å². The van der Waals surface area contributed by atoms with Gasteiger partial charge in [0.05, 0.1) is 30.7 Å². The average Bonchev–Trinajstić information content (AvgIpc) is 3.23. The molecule has 0 spiro atoms. The summed E-state index contributed by atoms with van der Waals surface area (Å²) < 4.78 is 15.6. The van der Waals surface area contributed by atoms with Gasteiger partial charge in [-0.2, -0.15) is 0 Å². The highest BCUT2D eigenvalue weighted by molar-refractivity contribution is 6.32. The molecule has 4 N–H and O–H groups in total. The third-order valence-electron chi connectivity index (χ3n) is 11.6. The number of hydrogen-bond donors (Lipinski definition) is 4. The van der Waals surface area contributed by atoms with Crippen LogP contribution in [-0.4, -0.2) is 121 Å². The number of nitrogens with one attached hydrogen (secondary N) is 2. The van der Waals surface area contributed by atoms with Crippen LogP contribution in [0.4, 0.5) is 0 Å². The van der Waals surface area contributed by atoms with Crippen LogP contribution in [0.5, 0.6) is 5.75 Å². The standard InChI is InChI=1S/C47H65ClN4O10/c1-7-22-61-43(55)29-52-20-18-51(19-21-52)28-33-12-15-35(16-13-33)36-26-39(53)44(36)31(4)10-8-9-11-42(54)50-38(25-34-14-17-40(60-6)37(48)24-34)45(56)49-27-32(5)47(59)62-41(46(57)58)23-30(2)3/h7,9,11-17,24,30-32,36,38-39,41,44,53H,1,8,10,18-23,25-29H2,2-6H3,(H,49,56)(H,50,54)(H,57,58). The number of aliphatic carboxylic acids is 1. The predicted octanol–water partition coefficient (Wildman–Crippen LogP) is 5.15. The lowest BCUT2D eigenvalue weighted by Gasteiger charge is -2.46. The Morgan fingerprint density at radius 1 is 0.984 bits per heavy atom. The lowest BCUT2D eigenvalue weighted by molar-refractivity contribution is -0.167. The van der Waals surface area contributed by atoms with Crippen LogP contribution < -0.4 is 15.4 Å². The number of carbonyl (C=O) groups excluding carboxylic acids is 4. The van der Waals surface area contributed by atoms with Crippen molar-refractivity contribution >= 4 is 41.3 Å². The second kappa shape index (κ2) is 24.8. The molecule has 14 nitrogen and oxygen atoms in total. The number of carboxylic acids is 1. The molecule has 1 saturated carbocycles. The topological polar surface area (TPSA) is 184 Å². The smallest absolute Gasteiger partial charge is 0.345 e. The summed E-state index contributed by atoms with van der Waals surface area (Å²) in [7, 11) is 1.49. The first-order valence-corrected chi connectivity index (χ1v) is 21.9. The number of ether oxygens (including phenoxy) is 3. The summed E-state index contributed by atoms with van der Waals surface area (Å²) >= 11 is 6.35. The Hall–Kier alpha value is -4.76. The Balaban J connectivity index is 1.27. The van der Waals surface area contributed by atoms with Gasteiger partial charge in [-0.15, -0.1) is 0 Å². The fourth-order valence-corrected chi connectivity index (χ4v) is 8.26. The number of amides is 2. The maximum Gasteiger partial charge on any atom is 0.345 e. The molecule has 0 radical (unpaired) electrons. The van der Waals surface area contributed by atoms with E-state index in [1.165, 1.54) is 31.2 Å². The van der Waals surface area contributed by atoms with E-state index in [4.69, 9.17) is 25.8 Å². The van der Waals surface area contributed by atoms with Gasteiger partial charge in [-0.05, 0) is 84.3 Å². The van der Waals surface area contributed by atoms with E-state index in [1.54, 1.807) is 30.4 Å². The Kier molecular flexibility index (Phi) is 19.9. The first-order valence-electron chi connectivity index (χ1n) is 21.6. The highest BCUT2D eigenvalue weighted by atomic mass is 35.5. The summed E-state index contributed by atoms with van der Waals surface area (Å²) in [6.45, 7) is 15.4. The van der Waals surface area contributed by atoms with Crippen molar-refractivity contribution in [1.29, 1.82) is 0 Å². The number of halogens is 1. The third-order valence-corrected chi connectivity index (χ3v) is 11.9. The molecule has 15 heteroatoms. The zero-order valence-electron chi connectivity index (χ0n) is 36.7. The third kappa shape index (κ3) is 15.5. The largest absolute Gasteiger partial charge is 0.495 e. The number of piperazine rings is 1. The second-order valence-electron chi connectivity index (χ2n) is 17.0. The molecule has 1 heterocycles. The fourth-order valence-electron chi connectivity index (χ4n) is 7.98. The van der Waals surface area contributed by atoms with Gasteiger partial charge in [0, 0.05) is 45.7 Å². The van der Waals surface area contributed by atoms with Crippen molar-refractivity contribution in [2.45, 2.75) is 90.5 Å². The highest BCUT2D eigenvalue weighted by Gasteiger charge is 2.43. The van der Waals surface area contributed by atoms with E-state index in [1.807, 2.05) is 13.8 Å². The second-order valence-corrected chi connectivity index (χ2v) is 17.4. The molecule has 2 fully saturated rings. The number of methoxy groups -OCH3 is 1. The SMILES string of the molecule is C=CCOC(=O)CN1CCN(Cc2ccc(C3CC(O)C3C(C)CCC=CC(=O)NC(Cc3ccc(OC)c(Cl)c3)C(=O)NCC(C)C(=O)OC(CC(C)C)C(=O)O)cc2)CC1. The van der Waals surface area contributed by atoms with Gasteiger partial charge >= 0.3 is 17.9 Å². The van der Waals surface area contributed by atoms with E-state index in [0.717, 1.165) is 39.1 Å². The van der Waals surface area contributed by atoms with E-state index in [0.29, 0.717) is 35.7 Å². The van der Waals surface area contributed by atoms with Gasteiger partial charge in [-0.3, -0.25) is 29.0 Å². The number of esters is 2. The molecule has 1 aliphatic carbocycles. The lowest BCUT2D eigenvalue weighted by Crippen LogP contribution is -2.49. The zero-order chi connectivity index (χ0) is 45.3. The molecular weight excluding hydrogens is 816 g/mol. The molecule has 2 aliphatic rings. The first-order chi connectivity index (χ1) is 29.6. The van der Waals surface area contributed by atoms with Crippen molar-refractivity contribution < 1.29 is 48.4 Å². The molecule has 4 rings (SSSR count). The normalized spacial score (nSPS) is 20.0. The van der Waals surface area contributed by atoms with Crippen LogP contribution in [0.15, 0.2) is 67.3 Å².